The average Bonchev–Trinajstić information content (AvgIpc) is 2.32. The molecule has 1 N–H and O–H groups in total. The molecule has 0 spiro atoms. The first kappa shape index (κ1) is 13.9. The van der Waals surface area contributed by atoms with Crippen LogP contribution in [0.5, 0.6) is 5.75 Å². The van der Waals surface area contributed by atoms with Crippen LogP contribution in [0.3, 0.4) is 0 Å². The molecule has 0 fully saturated rings. The van der Waals surface area contributed by atoms with E-state index in [0.717, 1.165) is 0 Å². The molecular formula is C11H6BrF2N3O. The second-order valence-corrected chi connectivity index (χ2v) is 3.80. The molecule has 0 atom stereocenters. The Hall–Kier alpha value is -2.12. The van der Waals surface area contributed by atoms with E-state index in [1.807, 2.05) is 0 Å². The largest absolute Gasteiger partial charge is 0.435 e. The van der Waals surface area contributed by atoms with Gasteiger partial charge in [-0.1, -0.05) is 0 Å². The van der Waals surface area contributed by atoms with Gasteiger partial charge in [0.25, 0.3) is 0 Å². The fourth-order valence-electron chi connectivity index (χ4n) is 1.03. The summed E-state index contributed by atoms with van der Waals surface area (Å²) >= 11 is 3.15. The highest BCUT2D eigenvalue weighted by Gasteiger charge is 2.06. The van der Waals surface area contributed by atoms with Crippen LogP contribution in [0.2, 0.25) is 0 Å². The lowest BCUT2D eigenvalue weighted by Crippen LogP contribution is -2.02. The summed E-state index contributed by atoms with van der Waals surface area (Å²) < 4.78 is 28.6. The normalized spacial score (nSPS) is 9.22. The number of benzene rings is 1. The van der Waals surface area contributed by atoms with Crippen molar-refractivity contribution in [3.8, 4) is 17.9 Å². The van der Waals surface area contributed by atoms with E-state index >= 15 is 0 Å². The lowest BCUT2D eigenvalue weighted by molar-refractivity contribution is -0.0498. The molecule has 0 saturated carbocycles. The van der Waals surface area contributed by atoms with E-state index in [-0.39, 0.29) is 11.3 Å². The van der Waals surface area contributed by atoms with Gasteiger partial charge in [0.15, 0.2) is 0 Å². The highest BCUT2D eigenvalue weighted by molar-refractivity contribution is 9.10. The third-order valence-corrected chi connectivity index (χ3v) is 2.43. The Labute approximate surface area is 110 Å². The van der Waals surface area contributed by atoms with Gasteiger partial charge in [-0.25, -0.2) is 0 Å². The number of hydrogen-bond acceptors (Lipinski definition) is 4. The van der Waals surface area contributed by atoms with Gasteiger partial charge in [-0.05, 0) is 34.1 Å². The van der Waals surface area contributed by atoms with Gasteiger partial charge in [-0.2, -0.15) is 19.3 Å². The third-order valence-electron chi connectivity index (χ3n) is 1.78. The van der Waals surface area contributed by atoms with Crippen molar-refractivity contribution in [1.29, 1.82) is 10.5 Å². The number of anilines is 1. The number of ether oxygens (including phenoxy) is 1. The van der Waals surface area contributed by atoms with Crippen LogP contribution in [0.4, 0.5) is 14.5 Å². The van der Waals surface area contributed by atoms with Gasteiger partial charge in [0.1, 0.15) is 23.5 Å². The maximum atomic E-state index is 12.0. The van der Waals surface area contributed by atoms with E-state index in [1.165, 1.54) is 24.4 Å². The van der Waals surface area contributed by atoms with Crippen LogP contribution >= 0.6 is 15.9 Å². The van der Waals surface area contributed by atoms with Gasteiger partial charge in [0.2, 0.25) is 0 Å². The Kier molecular flexibility index (Phi) is 5.09. The molecule has 1 aromatic rings. The van der Waals surface area contributed by atoms with Crippen molar-refractivity contribution in [2.75, 3.05) is 5.32 Å². The number of nitriles is 2. The van der Waals surface area contributed by atoms with Crippen molar-refractivity contribution < 1.29 is 13.5 Å². The number of alkyl halides is 2. The second kappa shape index (κ2) is 6.58. The zero-order valence-corrected chi connectivity index (χ0v) is 10.4. The van der Waals surface area contributed by atoms with Crippen LogP contribution in [0, 0.1) is 22.7 Å². The average molecular weight is 314 g/mol. The number of hydrogen-bond donors (Lipinski definition) is 1. The molecule has 0 amide bonds. The quantitative estimate of drug-likeness (QED) is 0.865. The second-order valence-electron chi connectivity index (χ2n) is 2.95. The minimum absolute atomic E-state index is 0.00666. The molecular weight excluding hydrogens is 308 g/mol. The van der Waals surface area contributed by atoms with Crippen molar-refractivity contribution in [3.05, 3.63) is 34.4 Å². The molecule has 0 aromatic heterocycles. The van der Waals surface area contributed by atoms with Crippen LogP contribution in [-0.4, -0.2) is 6.61 Å². The Morgan fingerprint density at radius 3 is 2.56 bits per heavy atom. The van der Waals surface area contributed by atoms with Crippen LogP contribution in [0.15, 0.2) is 34.4 Å². The Bertz CT molecular complexity index is 530. The van der Waals surface area contributed by atoms with Gasteiger partial charge >= 0.3 is 6.61 Å². The Morgan fingerprint density at radius 1 is 1.39 bits per heavy atom. The molecule has 0 aliphatic heterocycles. The summed E-state index contributed by atoms with van der Waals surface area (Å²) in [6, 6.07) is 7.52. The molecule has 0 aliphatic rings. The van der Waals surface area contributed by atoms with E-state index in [2.05, 4.69) is 26.0 Å². The van der Waals surface area contributed by atoms with Gasteiger partial charge in [0, 0.05) is 10.7 Å². The summed E-state index contributed by atoms with van der Waals surface area (Å²) in [6.45, 7) is -2.89. The molecule has 4 nitrogen and oxygen atoms in total. The molecule has 0 saturated heterocycles. The van der Waals surface area contributed by atoms with Crippen LogP contribution < -0.4 is 10.1 Å². The van der Waals surface area contributed by atoms with Crippen LogP contribution in [0.1, 0.15) is 0 Å². The van der Waals surface area contributed by atoms with E-state index < -0.39 is 6.61 Å². The van der Waals surface area contributed by atoms with E-state index in [0.29, 0.717) is 10.2 Å². The predicted molar refractivity (Wildman–Crippen MR) is 63.7 cm³/mol. The minimum atomic E-state index is -2.89. The smallest absolute Gasteiger partial charge is 0.387 e. The maximum absolute atomic E-state index is 12.0. The fourth-order valence-corrected chi connectivity index (χ4v) is 1.50. The number of nitrogens with one attached hydrogen (secondary N) is 1. The van der Waals surface area contributed by atoms with E-state index in [4.69, 9.17) is 10.5 Å². The maximum Gasteiger partial charge on any atom is 0.387 e. The summed E-state index contributed by atoms with van der Waals surface area (Å²) in [5.74, 6) is 0.00666. The first-order valence-corrected chi connectivity index (χ1v) is 5.37. The van der Waals surface area contributed by atoms with E-state index in [1.54, 1.807) is 12.1 Å². The van der Waals surface area contributed by atoms with Crippen molar-refractivity contribution >= 4 is 21.6 Å². The summed E-state index contributed by atoms with van der Waals surface area (Å²) in [7, 11) is 0. The molecule has 0 aliphatic carbocycles. The minimum Gasteiger partial charge on any atom is -0.435 e. The lowest BCUT2D eigenvalue weighted by Gasteiger charge is -2.08. The Morgan fingerprint density at radius 2 is 2.06 bits per heavy atom. The van der Waals surface area contributed by atoms with Crippen molar-refractivity contribution in [3.63, 3.8) is 0 Å². The van der Waals surface area contributed by atoms with E-state index in [9.17, 15) is 8.78 Å². The van der Waals surface area contributed by atoms with Crippen molar-refractivity contribution in [2.24, 2.45) is 0 Å². The zero-order chi connectivity index (χ0) is 13.5. The number of nitrogens with zero attached hydrogens (tertiary/aromatic N) is 2. The number of allylic oxidation sites excluding steroid dienone is 1. The molecule has 18 heavy (non-hydrogen) atoms. The standard InChI is InChI=1S/C11H6BrF2N3O/c12-9-3-8(18-11(13)14)1-2-10(9)17-6-7(4-15)5-16/h1-3,6,11,17H. The van der Waals surface area contributed by atoms with Crippen molar-refractivity contribution in [2.45, 2.75) is 6.61 Å². The summed E-state index contributed by atoms with van der Waals surface area (Å²) in [4.78, 5) is 0. The lowest BCUT2D eigenvalue weighted by atomic mass is 10.3. The third kappa shape index (κ3) is 4.04. The molecule has 92 valence electrons. The van der Waals surface area contributed by atoms with Crippen molar-refractivity contribution in [1.82, 2.24) is 0 Å². The summed E-state index contributed by atoms with van der Waals surface area (Å²) in [5.41, 5.74) is 0.412. The van der Waals surface area contributed by atoms with Crippen LogP contribution in [-0.2, 0) is 0 Å². The highest BCUT2D eigenvalue weighted by atomic mass is 79.9. The number of rotatable bonds is 4. The molecule has 0 heterocycles. The Balaban J connectivity index is 2.85. The van der Waals surface area contributed by atoms with Crippen LogP contribution in [0.25, 0.3) is 0 Å². The molecule has 0 bridgehead atoms. The van der Waals surface area contributed by atoms with Gasteiger partial charge in [0.05, 0.1) is 5.69 Å². The van der Waals surface area contributed by atoms with Gasteiger partial charge in [-0.3, -0.25) is 0 Å². The first-order valence-electron chi connectivity index (χ1n) is 4.58. The molecule has 0 unspecified atom stereocenters. The van der Waals surface area contributed by atoms with Gasteiger partial charge < -0.3 is 10.1 Å². The summed E-state index contributed by atoms with van der Waals surface area (Å²) in [5, 5.41) is 19.7. The zero-order valence-electron chi connectivity index (χ0n) is 8.82. The molecule has 7 heteroatoms. The fraction of sp³-hybridized carbons (Fsp3) is 0.0909. The number of halogens is 3. The predicted octanol–water partition coefficient (Wildman–Crippen LogP) is 3.39. The molecule has 0 radical (unpaired) electrons. The summed E-state index contributed by atoms with van der Waals surface area (Å²) in [6.07, 6.45) is 1.22. The topological polar surface area (TPSA) is 68.8 Å². The highest BCUT2D eigenvalue weighted by Crippen LogP contribution is 2.28. The molecule has 1 aromatic carbocycles. The van der Waals surface area contributed by atoms with Gasteiger partial charge in [-0.15, -0.1) is 0 Å². The SMILES string of the molecule is N#CC(C#N)=CNc1ccc(OC(F)F)cc1Br. The monoisotopic (exact) mass is 313 g/mol. The molecule has 1 rings (SSSR count). The first-order chi connectivity index (χ1) is 8.56.